The third-order valence-electron chi connectivity index (χ3n) is 3.16. The van der Waals surface area contributed by atoms with Crippen LogP contribution in [-0.2, 0) is 5.75 Å². The van der Waals surface area contributed by atoms with Crippen LogP contribution in [0.2, 0.25) is 0 Å². The van der Waals surface area contributed by atoms with E-state index in [1.54, 1.807) is 23.1 Å². The molecule has 0 spiro atoms. The summed E-state index contributed by atoms with van der Waals surface area (Å²) < 4.78 is 5.29. The maximum Gasteiger partial charge on any atom is 0.237 e. The van der Waals surface area contributed by atoms with E-state index in [9.17, 15) is 0 Å². The Labute approximate surface area is 135 Å². The van der Waals surface area contributed by atoms with Crippen molar-refractivity contribution < 1.29 is 4.52 Å². The number of pyridine rings is 1. The molecule has 0 saturated heterocycles. The first kappa shape index (κ1) is 13.5. The number of thiophene rings is 1. The summed E-state index contributed by atoms with van der Waals surface area (Å²) in [6.07, 6.45) is 0. The molecule has 0 bridgehead atoms. The fourth-order valence-electron chi connectivity index (χ4n) is 2.09. The summed E-state index contributed by atoms with van der Waals surface area (Å²) in [5.41, 5.74) is 1.99. The number of aromatic nitrogens is 3. The van der Waals surface area contributed by atoms with Gasteiger partial charge in [-0.2, -0.15) is 16.3 Å². The first-order valence-corrected chi connectivity index (χ1v) is 8.65. The van der Waals surface area contributed by atoms with E-state index in [2.05, 4.69) is 27.3 Å². The van der Waals surface area contributed by atoms with E-state index in [1.807, 2.05) is 41.1 Å². The van der Waals surface area contributed by atoms with Crippen molar-refractivity contribution in [2.24, 2.45) is 0 Å². The summed E-state index contributed by atoms with van der Waals surface area (Å²) >= 11 is 3.21. The minimum atomic E-state index is 0.612. The van der Waals surface area contributed by atoms with Gasteiger partial charge in [-0.25, -0.2) is 4.98 Å². The predicted octanol–water partition coefficient (Wildman–Crippen LogP) is 4.64. The topological polar surface area (TPSA) is 51.8 Å². The second-order valence-electron chi connectivity index (χ2n) is 4.65. The number of fused-ring (bicyclic) bond motifs is 1. The van der Waals surface area contributed by atoms with E-state index in [0.717, 1.165) is 21.5 Å². The van der Waals surface area contributed by atoms with Gasteiger partial charge < -0.3 is 4.52 Å². The van der Waals surface area contributed by atoms with Crippen LogP contribution >= 0.6 is 23.1 Å². The monoisotopic (exact) mass is 325 g/mol. The lowest BCUT2D eigenvalue weighted by Crippen LogP contribution is -1.85. The molecule has 0 N–H and O–H groups in total. The normalized spacial score (nSPS) is 11.1. The van der Waals surface area contributed by atoms with Gasteiger partial charge in [0.15, 0.2) is 0 Å². The molecule has 6 heteroatoms. The maximum atomic E-state index is 5.29. The van der Waals surface area contributed by atoms with E-state index in [0.29, 0.717) is 17.5 Å². The van der Waals surface area contributed by atoms with Crippen molar-refractivity contribution in [1.82, 2.24) is 15.1 Å². The highest BCUT2D eigenvalue weighted by atomic mass is 32.2. The van der Waals surface area contributed by atoms with E-state index in [1.165, 1.54) is 0 Å². The molecule has 108 valence electrons. The predicted molar refractivity (Wildman–Crippen MR) is 88.9 cm³/mol. The first-order valence-electron chi connectivity index (χ1n) is 6.72. The number of nitrogens with zero attached hydrogens (tertiary/aromatic N) is 3. The van der Waals surface area contributed by atoms with Crippen LogP contribution in [0.1, 0.15) is 5.89 Å². The Morgan fingerprint density at radius 1 is 1.05 bits per heavy atom. The fourth-order valence-corrected chi connectivity index (χ4v) is 3.44. The quantitative estimate of drug-likeness (QED) is 0.512. The van der Waals surface area contributed by atoms with Gasteiger partial charge in [-0.3, -0.25) is 0 Å². The minimum absolute atomic E-state index is 0.612. The number of benzene rings is 1. The van der Waals surface area contributed by atoms with Crippen LogP contribution in [0.3, 0.4) is 0 Å². The second kappa shape index (κ2) is 5.90. The SMILES string of the molecule is c1ccc2nc(SCc3nc(-c4ccsc4)no3)ccc2c1. The van der Waals surface area contributed by atoms with E-state index < -0.39 is 0 Å². The Balaban J connectivity index is 1.49. The number of rotatable bonds is 4. The van der Waals surface area contributed by atoms with Crippen molar-refractivity contribution in [2.75, 3.05) is 0 Å². The highest BCUT2D eigenvalue weighted by molar-refractivity contribution is 7.98. The molecule has 0 atom stereocenters. The molecule has 3 aromatic heterocycles. The zero-order valence-electron chi connectivity index (χ0n) is 11.5. The van der Waals surface area contributed by atoms with Gasteiger partial charge in [-0.15, -0.1) is 0 Å². The summed E-state index contributed by atoms with van der Waals surface area (Å²) in [4.78, 5) is 9.03. The summed E-state index contributed by atoms with van der Waals surface area (Å²) in [5.74, 6) is 1.87. The summed E-state index contributed by atoms with van der Waals surface area (Å²) in [5, 5.41) is 10.1. The zero-order chi connectivity index (χ0) is 14.8. The molecule has 4 rings (SSSR count). The van der Waals surface area contributed by atoms with E-state index in [4.69, 9.17) is 4.52 Å². The van der Waals surface area contributed by atoms with Crippen molar-refractivity contribution in [3.05, 3.63) is 59.1 Å². The van der Waals surface area contributed by atoms with Crippen LogP contribution in [0.4, 0.5) is 0 Å². The highest BCUT2D eigenvalue weighted by Gasteiger charge is 2.09. The van der Waals surface area contributed by atoms with Gasteiger partial charge in [0.2, 0.25) is 11.7 Å². The van der Waals surface area contributed by atoms with Crippen LogP contribution in [0.5, 0.6) is 0 Å². The largest absolute Gasteiger partial charge is 0.338 e. The molecule has 1 aromatic carbocycles. The molecule has 3 heterocycles. The summed E-state index contributed by atoms with van der Waals surface area (Å²) in [6.45, 7) is 0. The van der Waals surface area contributed by atoms with Gasteiger partial charge in [0.05, 0.1) is 16.3 Å². The Kier molecular flexibility index (Phi) is 3.62. The van der Waals surface area contributed by atoms with Crippen molar-refractivity contribution in [3.63, 3.8) is 0 Å². The molecular weight excluding hydrogens is 314 g/mol. The molecular formula is C16H11N3OS2. The number of hydrogen-bond acceptors (Lipinski definition) is 6. The van der Waals surface area contributed by atoms with Crippen LogP contribution in [0, 0.1) is 0 Å². The van der Waals surface area contributed by atoms with Crippen molar-refractivity contribution in [2.45, 2.75) is 10.8 Å². The van der Waals surface area contributed by atoms with E-state index >= 15 is 0 Å². The molecule has 22 heavy (non-hydrogen) atoms. The third-order valence-corrected chi connectivity index (χ3v) is 4.76. The van der Waals surface area contributed by atoms with E-state index in [-0.39, 0.29) is 0 Å². The lowest BCUT2D eigenvalue weighted by molar-refractivity contribution is 0.391. The molecule has 0 saturated carbocycles. The second-order valence-corrected chi connectivity index (χ2v) is 6.43. The molecule has 0 radical (unpaired) electrons. The van der Waals surface area contributed by atoms with Gasteiger partial charge in [0, 0.05) is 16.3 Å². The Bertz CT molecular complexity index is 903. The average molecular weight is 325 g/mol. The Morgan fingerprint density at radius 3 is 2.91 bits per heavy atom. The van der Waals surface area contributed by atoms with Crippen LogP contribution < -0.4 is 0 Å². The molecule has 0 unspecified atom stereocenters. The first-order chi connectivity index (χ1) is 10.9. The van der Waals surface area contributed by atoms with Gasteiger partial charge in [-0.05, 0) is 23.6 Å². The number of thioether (sulfide) groups is 1. The molecule has 0 aliphatic heterocycles. The third kappa shape index (κ3) is 2.75. The highest BCUT2D eigenvalue weighted by Crippen LogP contribution is 2.24. The van der Waals surface area contributed by atoms with Gasteiger partial charge in [0.1, 0.15) is 0 Å². The van der Waals surface area contributed by atoms with Crippen LogP contribution in [0.25, 0.3) is 22.3 Å². The zero-order valence-corrected chi connectivity index (χ0v) is 13.1. The number of para-hydroxylation sites is 1. The van der Waals surface area contributed by atoms with Crippen molar-refractivity contribution in [3.8, 4) is 11.4 Å². The summed E-state index contributed by atoms with van der Waals surface area (Å²) in [7, 11) is 0. The fraction of sp³-hybridized carbons (Fsp3) is 0.0625. The Morgan fingerprint density at radius 2 is 2.00 bits per heavy atom. The molecule has 0 fully saturated rings. The molecule has 4 nitrogen and oxygen atoms in total. The van der Waals surface area contributed by atoms with Crippen molar-refractivity contribution >= 4 is 34.0 Å². The van der Waals surface area contributed by atoms with Crippen LogP contribution in [-0.4, -0.2) is 15.1 Å². The lowest BCUT2D eigenvalue weighted by atomic mass is 10.2. The molecule has 0 amide bonds. The minimum Gasteiger partial charge on any atom is -0.338 e. The number of hydrogen-bond donors (Lipinski definition) is 0. The standard InChI is InChI=1S/C16H11N3OS2/c1-2-4-13-11(3-1)5-6-15(17-13)22-10-14-18-16(19-20-14)12-7-8-21-9-12/h1-9H,10H2. The molecule has 0 aliphatic rings. The average Bonchev–Trinajstić information content (AvgIpc) is 3.24. The summed E-state index contributed by atoms with van der Waals surface area (Å²) in [6, 6.07) is 14.2. The maximum absolute atomic E-state index is 5.29. The Hall–Kier alpha value is -2.18. The van der Waals surface area contributed by atoms with Gasteiger partial charge >= 0.3 is 0 Å². The smallest absolute Gasteiger partial charge is 0.237 e. The van der Waals surface area contributed by atoms with Gasteiger partial charge in [0.25, 0.3) is 0 Å². The van der Waals surface area contributed by atoms with Gasteiger partial charge in [-0.1, -0.05) is 41.2 Å². The molecule has 0 aliphatic carbocycles. The van der Waals surface area contributed by atoms with Crippen molar-refractivity contribution in [1.29, 1.82) is 0 Å². The van der Waals surface area contributed by atoms with Crippen LogP contribution in [0.15, 0.2) is 62.8 Å². The molecule has 4 aromatic rings. The lowest BCUT2D eigenvalue weighted by Gasteiger charge is -2.00.